The van der Waals surface area contributed by atoms with Crippen molar-refractivity contribution in [3.63, 3.8) is 0 Å². The Kier molecular flexibility index (Phi) is 5.40. The molecule has 29 heavy (non-hydrogen) atoms. The van der Waals surface area contributed by atoms with Crippen molar-refractivity contribution in [2.75, 3.05) is 31.1 Å². The molecule has 8 heteroatoms. The number of hydrogen-bond donors (Lipinski definition) is 0. The summed E-state index contributed by atoms with van der Waals surface area (Å²) < 4.78 is 19.7. The number of oxazole rings is 1. The lowest BCUT2D eigenvalue weighted by Gasteiger charge is -2.34. The summed E-state index contributed by atoms with van der Waals surface area (Å²) in [5.74, 6) is -0.101. The molecule has 0 atom stereocenters. The number of nitrogens with zero attached hydrogens (tertiary/aromatic N) is 4. The van der Waals surface area contributed by atoms with Crippen molar-refractivity contribution >= 4 is 35.3 Å². The fourth-order valence-electron chi connectivity index (χ4n) is 3.14. The van der Waals surface area contributed by atoms with Gasteiger partial charge in [-0.05, 0) is 29.7 Å². The van der Waals surface area contributed by atoms with E-state index in [0.29, 0.717) is 38.0 Å². The van der Waals surface area contributed by atoms with Crippen molar-refractivity contribution in [2.24, 2.45) is 0 Å². The molecular weight excluding hydrogens is 391 g/mol. The van der Waals surface area contributed by atoms with Gasteiger partial charge in [-0.3, -0.25) is 4.79 Å². The van der Waals surface area contributed by atoms with Gasteiger partial charge >= 0.3 is 0 Å². The van der Waals surface area contributed by atoms with Crippen LogP contribution in [0.2, 0.25) is 0 Å². The fourth-order valence-corrected chi connectivity index (χ4v) is 3.76. The number of thiophene rings is 1. The topological polar surface area (TPSA) is 73.4 Å². The third kappa shape index (κ3) is 4.05. The number of halogens is 1. The van der Waals surface area contributed by atoms with E-state index >= 15 is 0 Å². The van der Waals surface area contributed by atoms with Crippen LogP contribution in [-0.2, 0) is 0 Å². The highest BCUT2D eigenvalue weighted by Crippen LogP contribution is 2.25. The SMILES string of the molecule is N#Cc1nc(/C=C/c2cccs2)oc1N1CCN(C(=O)c2ccccc2F)CC1. The normalized spacial score (nSPS) is 14.3. The Bertz CT molecular complexity index is 1080. The van der Waals surface area contributed by atoms with Crippen molar-refractivity contribution in [1.29, 1.82) is 5.26 Å². The van der Waals surface area contributed by atoms with Gasteiger partial charge in [-0.1, -0.05) is 18.2 Å². The Balaban J connectivity index is 1.45. The lowest BCUT2D eigenvalue weighted by atomic mass is 10.1. The molecule has 1 aromatic carbocycles. The molecule has 0 aliphatic carbocycles. The van der Waals surface area contributed by atoms with E-state index in [4.69, 9.17) is 4.42 Å². The second-order valence-corrected chi connectivity index (χ2v) is 7.40. The van der Waals surface area contributed by atoms with E-state index in [1.165, 1.54) is 12.1 Å². The largest absolute Gasteiger partial charge is 0.420 e. The molecule has 1 fully saturated rings. The van der Waals surface area contributed by atoms with E-state index in [9.17, 15) is 14.4 Å². The first-order chi connectivity index (χ1) is 14.2. The zero-order chi connectivity index (χ0) is 20.2. The quantitative estimate of drug-likeness (QED) is 0.655. The number of carbonyl (C=O) groups is 1. The molecule has 0 bridgehead atoms. The van der Waals surface area contributed by atoms with Crippen LogP contribution < -0.4 is 4.90 Å². The molecule has 0 unspecified atom stereocenters. The molecule has 0 saturated carbocycles. The minimum Gasteiger partial charge on any atom is -0.420 e. The first-order valence-corrected chi connectivity index (χ1v) is 9.95. The summed E-state index contributed by atoms with van der Waals surface area (Å²) in [6.45, 7) is 1.74. The van der Waals surface area contributed by atoms with Gasteiger partial charge in [0.1, 0.15) is 11.9 Å². The van der Waals surface area contributed by atoms with Crippen LogP contribution in [0.1, 0.15) is 26.8 Å². The molecule has 0 radical (unpaired) electrons. The molecular formula is C21H17FN4O2S. The van der Waals surface area contributed by atoms with E-state index in [1.54, 1.807) is 34.4 Å². The first-order valence-electron chi connectivity index (χ1n) is 9.07. The lowest BCUT2D eigenvalue weighted by molar-refractivity contribution is 0.0740. The summed E-state index contributed by atoms with van der Waals surface area (Å²) >= 11 is 1.59. The second-order valence-electron chi connectivity index (χ2n) is 6.43. The Morgan fingerprint density at radius 3 is 2.66 bits per heavy atom. The molecule has 6 nitrogen and oxygen atoms in total. The number of aromatic nitrogens is 1. The number of nitriles is 1. The van der Waals surface area contributed by atoms with Gasteiger partial charge in [0.25, 0.3) is 5.91 Å². The predicted octanol–water partition coefficient (Wildman–Crippen LogP) is 3.88. The molecule has 1 aliphatic heterocycles. The van der Waals surface area contributed by atoms with E-state index in [-0.39, 0.29) is 17.2 Å². The Hall–Kier alpha value is -3.44. The standard InChI is InChI=1S/C21H17FN4O2S/c22-17-6-2-1-5-16(17)20(27)25-9-11-26(12-10-25)21-18(14-23)24-19(28-21)8-7-15-4-3-13-29-15/h1-8,13H,9-12H2/b8-7+. The van der Waals surface area contributed by atoms with Crippen LogP contribution in [0.25, 0.3) is 12.2 Å². The monoisotopic (exact) mass is 408 g/mol. The molecule has 1 saturated heterocycles. The van der Waals surface area contributed by atoms with Crippen LogP contribution in [0.15, 0.2) is 46.2 Å². The number of amides is 1. The van der Waals surface area contributed by atoms with Gasteiger partial charge in [0.05, 0.1) is 5.56 Å². The Morgan fingerprint density at radius 1 is 1.17 bits per heavy atom. The van der Waals surface area contributed by atoms with Gasteiger partial charge < -0.3 is 14.2 Å². The number of hydrogen-bond acceptors (Lipinski definition) is 6. The van der Waals surface area contributed by atoms with Crippen molar-refractivity contribution in [2.45, 2.75) is 0 Å². The number of benzene rings is 1. The van der Waals surface area contributed by atoms with Gasteiger partial charge in [0, 0.05) is 37.1 Å². The smallest absolute Gasteiger partial charge is 0.256 e. The number of piperazine rings is 1. The second kappa shape index (κ2) is 8.29. The minimum atomic E-state index is -0.524. The Morgan fingerprint density at radius 2 is 1.97 bits per heavy atom. The van der Waals surface area contributed by atoms with Gasteiger partial charge in [-0.2, -0.15) is 10.2 Å². The molecule has 3 heterocycles. The third-order valence-electron chi connectivity index (χ3n) is 4.62. The zero-order valence-electron chi connectivity index (χ0n) is 15.4. The average molecular weight is 408 g/mol. The molecule has 1 aliphatic rings. The number of rotatable bonds is 4. The van der Waals surface area contributed by atoms with Gasteiger partial charge in [0.2, 0.25) is 17.5 Å². The number of anilines is 1. The number of carbonyl (C=O) groups excluding carboxylic acids is 1. The highest BCUT2D eigenvalue weighted by atomic mass is 32.1. The van der Waals surface area contributed by atoms with Gasteiger partial charge in [0.15, 0.2) is 0 Å². The van der Waals surface area contributed by atoms with E-state index in [2.05, 4.69) is 11.1 Å². The van der Waals surface area contributed by atoms with Gasteiger partial charge in [-0.25, -0.2) is 4.39 Å². The van der Waals surface area contributed by atoms with Crippen molar-refractivity contribution in [3.8, 4) is 6.07 Å². The van der Waals surface area contributed by atoms with Crippen LogP contribution in [-0.4, -0.2) is 42.0 Å². The summed E-state index contributed by atoms with van der Waals surface area (Å²) in [6.07, 6.45) is 3.61. The maximum absolute atomic E-state index is 13.9. The Labute approximate surface area is 171 Å². The van der Waals surface area contributed by atoms with E-state index in [1.807, 2.05) is 28.5 Å². The average Bonchev–Trinajstić information content (AvgIpc) is 3.42. The molecule has 4 rings (SSSR count). The third-order valence-corrected chi connectivity index (χ3v) is 5.46. The minimum absolute atomic E-state index is 0.0688. The molecule has 1 amide bonds. The maximum atomic E-state index is 13.9. The molecule has 0 spiro atoms. The van der Waals surface area contributed by atoms with Crippen LogP contribution in [0.5, 0.6) is 0 Å². The molecule has 146 valence electrons. The molecule has 0 N–H and O–H groups in total. The molecule has 3 aromatic rings. The lowest BCUT2D eigenvalue weighted by Crippen LogP contribution is -2.49. The molecule has 2 aromatic heterocycles. The zero-order valence-corrected chi connectivity index (χ0v) is 16.2. The summed E-state index contributed by atoms with van der Waals surface area (Å²) in [6, 6.07) is 12.0. The summed E-state index contributed by atoms with van der Waals surface area (Å²) in [5, 5.41) is 11.4. The van der Waals surface area contributed by atoms with E-state index < -0.39 is 5.82 Å². The van der Waals surface area contributed by atoms with E-state index in [0.717, 1.165) is 4.88 Å². The van der Waals surface area contributed by atoms with Crippen LogP contribution >= 0.6 is 11.3 Å². The van der Waals surface area contributed by atoms with Gasteiger partial charge in [-0.15, -0.1) is 11.3 Å². The first kappa shape index (κ1) is 18.9. The fraction of sp³-hybridized carbons (Fsp3) is 0.190. The summed E-state index contributed by atoms with van der Waals surface area (Å²) in [4.78, 5) is 21.3. The highest BCUT2D eigenvalue weighted by molar-refractivity contribution is 7.10. The van der Waals surface area contributed by atoms with Crippen LogP contribution in [0, 0.1) is 17.1 Å². The van der Waals surface area contributed by atoms with Crippen LogP contribution in [0.3, 0.4) is 0 Å². The maximum Gasteiger partial charge on any atom is 0.256 e. The van der Waals surface area contributed by atoms with Crippen LogP contribution in [0.4, 0.5) is 10.3 Å². The van der Waals surface area contributed by atoms with Crippen molar-refractivity contribution in [1.82, 2.24) is 9.88 Å². The highest BCUT2D eigenvalue weighted by Gasteiger charge is 2.27. The summed E-state index contributed by atoms with van der Waals surface area (Å²) in [5.41, 5.74) is 0.282. The van der Waals surface area contributed by atoms with Crippen molar-refractivity contribution < 1.29 is 13.6 Å². The summed E-state index contributed by atoms with van der Waals surface area (Å²) in [7, 11) is 0. The van der Waals surface area contributed by atoms with Crippen molar-refractivity contribution in [3.05, 3.63) is 69.6 Å². The predicted molar refractivity (Wildman–Crippen MR) is 109 cm³/mol.